The van der Waals surface area contributed by atoms with Gasteiger partial charge in [0, 0.05) is 18.5 Å². The third kappa shape index (κ3) is 4.48. The number of likely N-dealkylation sites (N-methyl/N-ethyl adjacent to an activating group) is 1. The second kappa shape index (κ2) is 6.25. The van der Waals surface area contributed by atoms with Gasteiger partial charge in [-0.1, -0.05) is 26.7 Å². The summed E-state index contributed by atoms with van der Waals surface area (Å²) in [5.41, 5.74) is -0.973. The second-order valence-electron chi connectivity index (χ2n) is 7.22. The predicted octanol–water partition coefficient (Wildman–Crippen LogP) is 3.21. The Morgan fingerprint density at radius 3 is 2.21 bits per heavy atom. The Bertz CT molecular complexity index is 298. The van der Waals surface area contributed by atoms with Gasteiger partial charge in [0.2, 0.25) is 5.91 Å². The predicted molar refractivity (Wildman–Crippen MR) is 78.9 cm³/mol. The molecular weight excluding hydrogens is 238 g/mol. The van der Waals surface area contributed by atoms with Crippen LogP contribution >= 0.6 is 0 Å². The molecule has 1 saturated carbocycles. The molecule has 0 radical (unpaired) electrons. The largest absolute Gasteiger partial charge is 0.389 e. The van der Waals surface area contributed by atoms with Crippen LogP contribution in [0.15, 0.2) is 0 Å². The molecule has 0 atom stereocenters. The highest BCUT2D eigenvalue weighted by Gasteiger charge is 2.43. The number of hydrogen-bond acceptors (Lipinski definition) is 2. The SMILES string of the molecule is CCN(CC(C)(C)O)C(=O)C1(CC(C)C)CCCC1. The zero-order valence-corrected chi connectivity index (χ0v) is 13.3. The van der Waals surface area contributed by atoms with E-state index in [2.05, 4.69) is 13.8 Å². The maximum atomic E-state index is 12.9. The second-order valence-corrected chi connectivity index (χ2v) is 7.22. The van der Waals surface area contributed by atoms with Crippen LogP contribution in [0.5, 0.6) is 0 Å². The van der Waals surface area contributed by atoms with E-state index in [9.17, 15) is 9.90 Å². The average Bonchev–Trinajstić information content (AvgIpc) is 2.72. The molecule has 0 aliphatic heterocycles. The van der Waals surface area contributed by atoms with Crippen LogP contribution < -0.4 is 0 Å². The number of hydrogen-bond donors (Lipinski definition) is 1. The Morgan fingerprint density at radius 1 is 1.32 bits per heavy atom. The van der Waals surface area contributed by atoms with Gasteiger partial charge in [0.1, 0.15) is 0 Å². The lowest BCUT2D eigenvalue weighted by Gasteiger charge is -2.37. The van der Waals surface area contributed by atoms with E-state index in [4.69, 9.17) is 0 Å². The van der Waals surface area contributed by atoms with E-state index in [0.29, 0.717) is 19.0 Å². The standard InChI is InChI=1S/C16H31NO2/c1-6-17(12-15(4,5)19)14(18)16(11-13(2)3)9-7-8-10-16/h13,19H,6-12H2,1-5H3. The molecule has 1 aliphatic carbocycles. The van der Waals surface area contributed by atoms with Crippen LogP contribution in [-0.2, 0) is 4.79 Å². The number of amides is 1. The van der Waals surface area contributed by atoms with E-state index in [-0.39, 0.29) is 11.3 Å². The molecule has 112 valence electrons. The summed E-state index contributed by atoms with van der Waals surface area (Å²) in [4.78, 5) is 14.8. The Hall–Kier alpha value is -0.570. The Kier molecular flexibility index (Phi) is 5.43. The van der Waals surface area contributed by atoms with Gasteiger partial charge in [-0.25, -0.2) is 0 Å². The Morgan fingerprint density at radius 2 is 1.84 bits per heavy atom. The van der Waals surface area contributed by atoms with Crippen LogP contribution in [0.25, 0.3) is 0 Å². The highest BCUT2D eigenvalue weighted by Crippen LogP contribution is 2.44. The topological polar surface area (TPSA) is 40.5 Å². The zero-order valence-electron chi connectivity index (χ0n) is 13.3. The minimum atomic E-state index is -0.816. The van der Waals surface area contributed by atoms with Crippen molar-refractivity contribution in [3.8, 4) is 0 Å². The Balaban J connectivity index is 2.85. The highest BCUT2D eigenvalue weighted by molar-refractivity contribution is 5.83. The number of rotatable bonds is 6. The lowest BCUT2D eigenvalue weighted by molar-refractivity contribution is -0.145. The fraction of sp³-hybridized carbons (Fsp3) is 0.938. The number of carbonyl (C=O) groups excluding carboxylic acids is 1. The lowest BCUT2D eigenvalue weighted by Crippen LogP contribution is -2.48. The molecule has 3 nitrogen and oxygen atoms in total. The third-order valence-electron chi connectivity index (χ3n) is 4.06. The molecule has 0 spiro atoms. The van der Waals surface area contributed by atoms with Crippen LogP contribution in [0.1, 0.15) is 66.7 Å². The highest BCUT2D eigenvalue weighted by atomic mass is 16.3. The molecule has 19 heavy (non-hydrogen) atoms. The fourth-order valence-electron chi connectivity index (χ4n) is 3.47. The van der Waals surface area contributed by atoms with Crippen LogP contribution in [0.4, 0.5) is 0 Å². The first-order chi connectivity index (χ1) is 8.70. The minimum Gasteiger partial charge on any atom is -0.389 e. The number of aliphatic hydroxyl groups is 1. The van der Waals surface area contributed by atoms with E-state index < -0.39 is 5.60 Å². The molecule has 0 bridgehead atoms. The van der Waals surface area contributed by atoms with Crippen molar-refractivity contribution in [2.75, 3.05) is 13.1 Å². The number of nitrogens with zero attached hydrogens (tertiary/aromatic N) is 1. The van der Waals surface area contributed by atoms with Gasteiger partial charge in [-0.15, -0.1) is 0 Å². The van der Waals surface area contributed by atoms with Crippen molar-refractivity contribution >= 4 is 5.91 Å². The monoisotopic (exact) mass is 269 g/mol. The summed E-state index contributed by atoms with van der Waals surface area (Å²) >= 11 is 0. The first-order valence-corrected chi connectivity index (χ1v) is 7.72. The molecule has 0 aromatic carbocycles. The van der Waals surface area contributed by atoms with Crippen molar-refractivity contribution in [2.45, 2.75) is 72.3 Å². The van der Waals surface area contributed by atoms with E-state index >= 15 is 0 Å². The summed E-state index contributed by atoms with van der Waals surface area (Å²) in [5, 5.41) is 9.98. The van der Waals surface area contributed by atoms with Crippen LogP contribution in [0, 0.1) is 11.3 Å². The molecule has 1 fully saturated rings. The normalized spacial score (nSPS) is 18.9. The van der Waals surface area contributed by atoms with Crippen molar-refractivity contribution in [1.82, 2.24) is 4.90 Å². The molecule has 3 heteroatoms. The van der Waals surface area contributed by atoms with Gasteiger partial charge in [0.15, 0.2) is 0 Å². The summed E-state index contributed by atoms with van der Waals surface area (Å²) in [6.07, 6.45) is 5.35. The van der Waals surface area contributed by atoms with Gasteiger partial charge in [-0.2, -0.15) is 0 Å². The minimum absolute atomic E-state index is 0.157. The van der Waals surface area contributed by atoms with Crippen molar-refractivity contribution < 1.29 is 9.90 Å². The fourth-order valence-corrected chi connectivity index (χ4v) is 3.47. The van der Waals surface area contributed by atoms with Crippen LogP contribution in [-0.4, -0.2) is 34.6 Å². The van der Waals surface area contributed by atoms with Crippen LogP contribution in [0.3, 0.4) is 0 Å². The van der Waals surface area contributed by atoms with Crippen molar-refractivity contribution in [3.05, 3.63) is 0 Å². The summed E-state index contributed by atoms with van der Waals surface area (Å²) in [6.45, 7) is 11.0. The smallest absolute Gasteiger partial charge is 0.228 e. The van der Waals surface area contributed by atoms with Gasteiger partial charge in [0.25, 0.3) is 0 Å². The molecule has 1 amide bonds. The van der Waals surface area contributed by atoms with Crippen molar-refractivity contribution in [2.24, 2.45) is 11.3 Å². The van der Waals surface area contributed by atoms with E-state index in [1.807, 2.05) is 11.8 Å². The van der Waals surface area contributed by atoms with Crippen molar-refractivity contribution in [3.63, 3.8) is 0 Å². The van der Waals surface area contributed by atoms with E-state index in [0.717, 1.165) is 19.3 Å². The zero-order chi connectivity index (χ0) is 14.7. The quantitative estimate of drug-likeness (QED) is 0.804. The van der Waals surface area contributed by atoms with Crippen molar-refractivity contribution in [1.29, 1.82) is 0 Å². The summed E-state index contributed by atoms with van der Waals surface area (Å²) in [7, 11) is 0. The first kappa shape index (κ1) is 16.5. The van der Waals surface area contributed by atoms with Gasteiger partial charge < -0.3 is 10.0 Å². The van der Waals surface area contributed by atoms with Gasteiger partial charge in [-0.3, -0.25) is 4.79 Å². The van der Waals surface area contributed by atoms with Crippen LogP contribution in [0.2, 0.25) is 0 Å². The average molecular weight is 269 g/mol. The first-order valence-electron chi connectivity index (χ1n) is 7.72. The molecule has 0 aromatic heterocycles. The van der Waals surface area contributed by atoms with E-state index in [1.54, 1.807) is 13.8 Å². The maximum Gasteiger partial charge on any atom is 0.228 e. The molecule has 0 heterocycles. The van der Waals surface area contributed by atoms with Gasteiger partial charge in [-0.05, 0) is 46.0 Å². The molecule has 1 N–H and O–H groups in total. The summed E-state index contributed by atoms with van der Waals surface area (Å²) in [5.74, 6) is 0.811. The third-order valence-corrected chi connectivity index (χ3v) is 4.06. The maximum absolute atomic E-state index is 12.9. The van der Waals surface area contributed by atoms with Gasteiger partial charge in [0.05, 0.1) is 5.60 Å². The summed E-state index contributed by atoms with van der Waals surface area (Å²) < 4.78 is 0. The number of carbonyl (C=O) groups is 1. The summed E-state index contributed by atoms with van der Waals surface area (Å²) in [6, 6.07) is 0. The Labute approximate surface area is 118 Å². The van der Waals surface area contributed by atoms with Gasteiger partial charge >= 0.3 is 0 Å². The molecule has 0 unspecified atom stereocenters. The molecule has 1 rings (SSSR count). The van der Waals surface area contributed by atoms with E-state index in [1.165, 1.54) is 12.8 Å². The molecule has 1 aliphatic rings. The molecule has 0 aromatic rings. The lowest BCUT2D eigenvalue weighted by atomic mass is 9.77. The molecular formula is C16H31NO2. The molecule has 0 saturated heterocycles.